The molecule has 0 bridgehead atoms. The van der Waals surface area contributed by atoms with E-state index in [0.717, 1.165) is 81.6 Å². The van der Waals surface area contributed by atoms with E-state index in [1.54, 1.807) is 0 Å². The Balaban J connectivity index is 1.34. The highest BCUT2D eigenvalue weighted by atomic mass is 16.2. The molecule has 1 aromatic heterocycles. The van der Waals surface area contributed by atoms with Crippen molar-refractivity contribution in [2.24, 2.45) is 4.99 Å². The van der Waals surface area contributed by atoms with E-state index in [0.29, 0.717) is 6.54 Å². The minimum Gasteiger partial charge on any atom is -0.357 e. The number of anilines is 1. The third-order valence-electron chi connectivity index (χ3n) is 6.14. The standard InChI is InChI=1S/C25H34N6O/c1-2-26-25(31-18-16-29(17-19-31)23-8-4-5-13-27-23)28-20-21-9-11-22(12-10-21)24(32)30-14-6-3-7-15-30/h4-5,8-13H,2-3,6-7,14-20H2,1H3,(H,26,28). The van der Waals surface area contributed by atoms with Gasteiger partial charge in [-0.15, -0.1) is 0 Å². The summed E-state index contributed by atoms with van der Waals surface area (Å²) in [5, 5.41) is 3.43. The van der Waals surface area contributed by atoms with Crippen LogP contribution in [0.4, 0.5) is 5.82 Å². The van der Waals surface area contributed by atoms with Crippen molar-refractivity contribution in [2.75, 3.05) is 50.7 Å². The van der Waals surface area contributed by atoms with Gasteiger partial charge in [-0.05, 0) is 56.0 Å². The third kappa shape index (κ3) is 5.58. The maximum atomic E-state index is 12.7. The van der Waals surface area contributed by atoms with Crippen molar-refractivity contribution >= 4 is 17.7 Å². The average Bonchev–Trinajstić information content (AvgIpc) is 2.87. The quantitative estimate of drug-likeness (QED) is 0.579. The summed E-state index contributed by atoms with van der Waals surface area (Å²) in [7, 11) is 0. The van der Waals surface area contributed by atoms with E-state index in [4.69, 9.17) is 4.99 Å². The molecule has 4 rings (SSSR count). The van der Waals surface area contributed by atoms with Gasteiger partial charge in [0, 0.05) is 57.6 Å². The van der Waals surface area contributed by atoms with Gasteiger partial charge in [0.2, 0.25) is 0 Å². The molecule has 0 saturated carbocycles. The van der Waals surface area contributed by atoms with Crippen LogP contribution < -0.4 is 10.2 Å². The first-order chi connectivity index (χ1) is 15.7. The molecule has 1 aromatic carbocycles. The molecule has 2 aliphatic heterocycles. The number of nitrogens with zero attached hydrogens (tertiary/aromatic N) is 5. The number of carbonyl (C=O) groups is 1. The third-order valence-corrected chi connectivity index (χ3v) is 6.14. The van der Waals surface area contributed by atoms with E-state index < -0.39 is 0 Å². The lowest BCUT2D eigenvalue weighted by atomic mass is 10.1. The fourth-order valence-corrected chi connectivity index (χ4v) is 4.31. The number of piperazine rings is 1. The number of rotatable bonds is 5. The Labute approximate surface area is 191 Å². The molecule has 2 aliphatic rings. The Morgan fingerprint density at radius 2 is 1.69 bits per heavy atom. The lowest BCUT2D eigenvalue weighted by Gasteiger charge is -2.37. The lowest BCUT2D eigenvalue weighted by Crippen LogP contribution is -2.52. The van der Waals surface area contributed by atoms with Crippen molar-refractivity contribution in [1.29, 1.82) is 0 Å². The number of pyridine rings is 1. The summed E-state index contributed by atoms with van der Waals surface area (Å²) in [6, 6.07) is 14.0. The van der Waals surface area contributed by atoms with Crippen LogP contribution >= 0.6 is 0 Å². The minimum atomic E-state index is 0.152. The predicted molar refractivity (Wildman–Crippen MR) is 129 cm³/mol. The summed E-state index contributed by atoms with van der Waals surface area (Å²) in [5.74, 6) is 2.13. The van der Waals surface area contributed by atoms with Crippen LogP contribution in [-0.2, 0) is 6.54 Å². The Bertz CT molecular complexity index is 884. The highest BCUT2D eigenvalue weighted by Crippen LogP contribution is 2.15. The molecule has 2 aromatic rings. The maximum absolute atomic E-state index is 12.7. The molecule has 170 valence electrons. The van der Waals surface area contributed by atoms with Gasteiger partial charge in [0.15, 0.2) is 5.96 Å². The van der Waals surface area contributed by atoms with Crippen LogP contribution in [0.1, 0.15) is 42.1 Å². The van der Waals surface area contributed by atoms with Gasteiger partial charge in [0.25, 0.3) is 5.91 Å². The minimum absolute atomic E-state index is 0.152. The highest BCUT2D eigenvalue weighted by molar-refractivity contribution is 5.94. The number of aromatic nitrogens is 1. The second-order valence-electron chi connectivity index (χ2n) is 8.38. The van der Waals surface area contributed by atoms with Crippen molar-refractivity contribution in [3.05, 3.63) is 59.8 Å². The number of likely N-dealkylation sites (tertiary alicyclic amines) is 1. The van der Waals surface area contributed by atoms with Gasteiger partial charge in [-0.3, -0.25) is 4.79 Å². The van der Waals surface area contributed by atoms with Gasteiger partial charge in [-0.2, -0.15) is 0 Å². The summed E-state index contributed by atoms with van der Waals surface area (Å²) < 4.78 is 0. The topological polar surface area (TPSA) is 64.1 Å². The molecule has 0 unspecified atom stereocenters. The van der Waals surface area contributed by atoms with E-state index in [1.165, 1.54) is 6.42 Å². The molecule has 7 nitrogen and oxygen atoms in total. The largest absolute Gasteiger partial charge is 0.357 e. The molecule has 0 radical (unpaired) electrons. The van der Waals surface area contributed by atoms with Crippen LogP contribution in [-0.4, -0.2) is 72.5 Å². The van der Waals surface area contributed by atoms with Crippen LogP contribution in [0.3, 0.4) is 0 Å². The zero-order chi connectivity index (χ0) is 22.2. The van der Waals surface area contributed by atoms with Gasteiger partial charge in [0.05, 0.1) is 6.54 Å². The molecule has 0 spiro atoms. The van der Waals surface area contributed by atoms with Crippen molar-refractivity contribution < 1.29 is 4.79 Å². The second-order valence-corrected chi connectivity index (χ2v) is 8.38. The normalized spacial score (nSPS) is 17.4. The fraction of sp³-hybridized carbons (Fsp3) is 0.480. The van der Waals surface area contributed by atoms with E-state index in [2.05, 4.69) is 33.1 Å². The average molecular weight is 435 g/mol. The van der Waals surface area contributed by atoms with E-state index in [9.17, 15) is 4.79 Å². The first kappa shape index (κ1) is 22.1. The second kappa shape index (κ2) is 11.0. The van der Waals surface area contributed by atoms with Crippen LogP contribution in [0.5, 0.6) is 0 Å². The van der Waals surface area contributed by atoms with Gasteiger partial charge < -0.3 is 20.0 Å². The summed E-state index contributed by atoms with van der Waals surface area (Å²) in [6.45, 7) is 8.96. The molecule has 2 fully saturated rings. The van der Waals surface area contributed by atoms with Crippen molar-refractivity contribution in [2.45, 2.75) is 32.7 Å². The van der Waals surface area contributed by atoms with Crippen molar-refractivity contribution in [3.8, 4) is 0 Å². The molecule has 0 atom stereocenters. The van der Waals surface area contributed by atoms with Crippen LogP contribution in [0.25, 0.3) is 0 Å². The van der Waals surface area contributed by atoms with Gasteiger partial charge in [-0.1, -0.05) is 18.2 Å². The Morgan fingerprint density at radius 3 is 2.34 bits per heavy atom. The van der Waals surface area contributed by atoms with Crippen LogP contribution in [0.15, 0.2) is 53.7 Å². The van der Waals surface area contributed by atoms with Gasteiger partial charge >= 0.3 is 0 Å². The van der Waals surface area contributed by atoms with E-state index in [1.807, 2.05) is 47.5 Å². The molecule has 2 saturated heterocycles. The highest BCUT2D eigenvalue weighted by Gasteiger charge is 2.21. The number of carbonyl (C=O) groups excluding carboxylic acids is 1. The number of hydrogen-bond acceptors (Lipinski definition) is 4. The molecule has 7 heteroatoms. The van der Waals surface area contributed by atoms with Gasteiger partial charge in [-0.25, -0.2) is 9.98 Å². The number of benzene rings is 1. The number of amides is 1. The summed E-state index contributed by atoms with van der Waals surface area (Å²) in [4.78, 5) is 28.6. The Kier molecular flexibility index (Phi) is 7.59. The zero-order valence-electron chi connectivity index (χ0n) is 19.0. The molecule has 1 amide bonds. The molecule has 3 heterocycles. The smallest absolute Gasteiger partial charge is 0.253 e. The maximum Gasteiger partial charge on any atom is 0.253 e. The first-order valence-corrected chi connectivity index (χ1v) is 11.8. The molecular weight excluding hydrogens is 400 g/mol. The monoisotopic (exact) mass is 434 g/mol. The lowest BCUT2D eigenvalue weighted by molar-refractivity contribution is 0.0724. The number of piperidine rings is 1. The molecule has 1 N–H and O–H groups in total. The number of nitrogens with one attached hydrogen (secondary N) is 1. The Morgan fingerprint density at radius 1 is 0.938 bits per heavy atom. The first-order valence-electron chi connectivity index (χ1n) is 11.8. The SMILES string of the molecule is CCNC(=NCc1ccc(C(=O)N2CCCCC2)cc1)N1CCN(c2ccccn2)CC1. The number of hydrogen-bond donors (Lipinski definition) is 1. The molecular formula is C25H34N6O. The zero-order valence-corrected chi connectivity index (χ0v) is 19.0. The van der Waals surface area contributed by atoms with Crippen molar-refractivity contribution in [1.82, 2.24) is 20.1 Å². The number of aliphatic imine (C=N–C) groups is 1. The summed E-state index contributed by atoms with van der Waals surface area (Å²) >= 11 is 0. The Hall–Kier alpha value is -3.09. The summed E-state index contributed by atoms with van der Waals surface area (Å²) in [5.41, 5.74) is 1.89. The van der Waals surface area contributed by atoms with Crippen molar-refractivity contribution in [3.63, 3.8) is 0 Å². The van der Waals surface area contributed by atoms with E-state index >= 15 is 0 Å². The van der Waals surface area contributed by atoms with Crippen LogP contribution in [0.2, 0.25) is 0 Å². The van der Waals surface area contributed by atoms with Gasteiger partial charge in [0.1, 0.15) is 5.82 Å². The number of guanidine groups is 1. The molecule has 32 heavy (non-hydrogen) atoms. The fourth-order valence-electron chi connectivity index (χ4n) is 4.31. The summed E-state index contributed by atoms with van der Waals surface area (Å²) in [6.07, 6.45) is 5.30. The molecule has 0 aliphatic carbocycles. The van der Waals surface area contributed by atoms with Crippen LogP contribution in [0, 0.1) is 0 Å². The van der Waals surface area contributed by atoms with E-state index in [-0.39, 0.29) is 5.91 Å². The predicted octanol–water partition coefficient (Wildman–Crippen LogP) is 3.00.